The van der Waals surface area contributed by atoms with Crippen molar-refractivity contribution in [2.45, 2.75) is 62.3 Å². The van der Waals surface area contributed by atoms with Crippen molar-refractivity contribution < 1.29 is 41.0 Å². The minimum absolute atomic E-state index is 0.00583. The molecule has 2 aliphatic carbocycles. The highest BCUT2D eigenvalue weighted by Gasteiger charge is 2.58. The van der Waals surface area contributed by atoms with Gasteiger partial charge in [-0.3, -0.25) is 4.99 Å². The minimum atomic E-state index is -5.82. The summed E-state index contributed by atoms with van der Waals surface area (Å²) in [6.45, 7) is -2.04. The molecule has 1 aromatic rings. The lowest BCUT2D eigenvalue weighted by Crippen LogP contribution is -2.42. The Labute approximate surface area is 208 Å². The fourth-order valence-electron chi connectivity index (χ4n) is 4.74. The van der Waals surface area contributed by atoms with E-state index in [1.165, 1.54) is 12.1 Å². The van der Waals surface area contributed by atoms with Crippen molar-refractivity contribution >= 4 is 17.5 Å². The quantitative estimate of drug-likeness (QED) is 0.454. The van der Waals surface area contributed by atoms with E-state index in [1.807, 2.05) is 0 Å². The first-order chi connectivity index (χ1) is 17.4. The number of hydrogen-bond acceptors (Lipinski definition) is 4. The normalized spacial score (nSPS) is 25.7. The molecule has 7 nitrogen and oxygen atoms in total. The van der Waals surface area contributed by atoms with Gasteiger partial charge < -0.3 is 20.6 Å². The molecule has 1 unspecified atom stereocenters. The van der Waals surface area contributed by atoms with E-state index in [1.54, 1.807) is 24.2 Å². The highest BCUT2D eigenvalue weighted by Crippen LogP contribution is 2.40. The van der Waals surface area contributed by atoms with Crippen LogP contribution in [0, 0.1) is 5.82 Å². The molecule has 1 atom stereocenters. The van der Waals surface area contributed by atoms with Crippen LogP contribution in [0.15, 0.2) is 40.9 Å². The van der Waals surface area contributed by atoms with Crippen LogP contribution in [0.1, 0.15) is 37.7 Å². The molecule has 0 bridgehead atoms. The number of nitrogens with one attached hydrogen (secondary N) is 2. The molecule has 1 aromatic carbocycles. The Morgan fingerprint density at radius 2 is 1.89 bits per heavy atom. The van der Waals surface area contributed by atoms with E-state index in [0.717, 1.165) is 11.6 Å². The molecule has 3 N–H and O–H groups in total. The predicted octanol–water partition coefficient (Wildman–Crippen LogP) is 4.91. The van der Waals surface area contributed by atoms with E-state index >= 15 is 0 Å². The zero-order chi connectivity index (χ0) is 27.0. The number of amides is 1. The van der Waals surface area contributed by atoms with E-state index in [9.17, 15) is 31.1 Å². The van der Waals surface area contributed by atoms with Crippen LogP contribution in [-0.2, 0) is 0 Å². The zero-order valence-electron chi connectivity index (χ0n) is 19.8. The standard InChI is InChI=1S/C24H26F6N4O3/c1-34-19-11-13(16-3-2-4-18(25)20(16)37-12-23(26,27)24(28,29)30)5-10-17(19)21(33-34)31-14-6-8-15(9-7-14)32-22(35)36/h2-5,10,14-15,19,32H,6-9,11-12H2,1H3,(H,31,33)(H,35,36). The second-order valence-corrected chi connectivity index (χ2v) is 9.30. The fraction of sp³-hybridized carbons (Fsp3) is 0.500. The Balaban J connectivity index is 1.52. The molecule has 1 saturated carbocycles. The van der Waals surface area contributed by atoms with Gasteiger partial charge in [-0.2, -0.15) is 22.0 Å². The van der Waals surface area contributed by atoms with Crippen molar-refractivity contribution in [1.82, 2.24) is 15.8 Å². The summed E-state index contributed by atoms with van der Waals surface area (Å²) in [5.41, 5.74) is 4.65. The number of amidine groups is 1. The molecule has 1 heterocycles. The average Bonchev–Trinajstić information content (AvgIpc) is 3.13. The Kier molecular flexibility index (Phi) is 7.45. The smallest absolute Gasteiger partial charge is 0.456 e. The maximum atomic E-state index is 14.5. The van der Waals surface area contributed by atoms with Gasteiger partial charge in [0.05, 0.1) is 12.1 Å². The van der Waals surface area contributed by atoms with Gasteiger partial charge in [0.15, 0.2) is 18.2 Å². The number of hydrazine groups is 1. The molecule has 3 aliphatic rings. The topological polar surface area (TPSA) is 86.2 Å². The summed E-state index contributed by atoms with van der Waals surface area (Å²) in [6.07, 6.45) is -0.379. The fourth-order valence-corrected chi connectivity index (χ4v) is 4.74. The number of rotatable bonds is 6. The first kappa shape index (κ1) is 26.8. The monoisotopic (exact) mass is 532 g/mol. The van der Waals surface area contributed by atoms with Crippen molar-refractivity contribution in [2.24, 2.45) is 4.99 Å². The number of allylic oxidation sites excluding steroid dienone is 2. The van der Waals surface area contributed by atoms with Crippen molar-refractivity contribution in [3.05, 3.63) is 47.3 Å². The Bertz CT molecular complexity index is 1130. The number of likely N-dealkylation sites (N-methyl/N-ethyl adjacent to an activating group) is 1. The number of hydrogen-bond donors (Lipinski definition) is 3. The molecule has 37 heavy (non-hydrogen) atoms. The number of ether oxygens (including phenoxy) is 1. The number of nitrogens with zero attached hydrogens (tertiary/aromatic N) is 2. The number of carbonyl (C=O) groups is 1. The van der Waals surface area contributed by atoms with Gasteiger partial charge in [-0.25, -0.2) is 14.2 Å². The first-order valence-electron chi connectivity index (χ1n) is 11.7. The van der Waals surface area contributed by atoms with Gasteiger partial charge in [0.1, 0.15) is 5.84 Å². The highest BCUT2D eigenvalue weighted by molar-refractivity contribution is 6.02. The second kappa shape index (κ2) is 10.3. The van der Waals surface area contributed by atoms with E-state index < -0.39 is 36.4 Å². The number of halogens is 6. The number of benzene rings is 1. The highest BCUT2D eigenvalue weighted by atomic mass is 19.4. The summed E-state index contributed by atoms with van der Waals surface area (Å²) in [4.78, 5) is 15.6. The lowest BCUT2D eigenvalue weighted by atomic mass is 9.88. The first-order valence-corrected chi connectivity index (χ1v) is 11.7. The number of fused-ring (bicyclic) bond motifs is 1. The number of aliphatic imine (C=N–C) groups is 1. The van der Waals surface area contributed by atoms with Crippen LogP contribution in [0.3, 0.4) is 0 Å². The summed E-state index contributed by atoms with van der Waals surface area (Å²) in [7, 11) is 1.78. The molecule has 1 saturated heterocycles. The van der Waals surface area contributed by atoms with Gasteiger partial charge in [-0.05, 0) is 43.7 Å². The van der Waals surface area contributed by atoms with E-state index in [2.05, 4.69) is 10.7 Å². The van der Waals surface area contributed by atoms with Crippen LogP contribution in [0.25, 0.3) is 5.57 Å². The summed E-state index contributed by atoms with van der Waals surface area (Å²) in [5, 5.41) is 13.2. The lowest BCUT2D eigenvalue weighted by Gasteiger charge is -2.26. The van der Waals surface area contributed by atoms with Gasteiger partial charge in [0.2, 0.25) is 0 Å². The zero-order valence-corrected chi connectivity index (χ0v) is 19.8. The third-order valence-electron chi connectivity index (χ3n) is 6.72. The second-order valence-electron chi connectivity index (χ2n) is 9.30. The Hall–Kier alpha value is -3.22. The van der Waals surface area contributed by atoms with Crippen molar-refractivity contribution in [3.8, 4) is 5.75 Å². The molecule has 0 aromatic heterocycles. The number of para-hydroxylation sites is 1. The third-order valence-corrected chi connectivity index (χ3v) is 6.72. The minimum Gasteiger partial charge on any atom is -0.483 e. The molecule has 1 amide bonds. The van der Waals surface area contributed by atoms with Crippen LogP contribution >= 0.6 is 0 Å². The van der Waals surface area contributed by atoms with Gasteiger partial charge in [-0.1, -0.05) is 24.3 Å². The van der Waals surface area contributed by atoms with Gasteiger partial charge in [-0.15, -0.1) is 0 Å². The van der Waals surface area contributed by atoms with Gasteiger partial charge in [0.25, 0.3) is 0 Å². The van der Waals surface area contributed by atoms with E-state index in [0.29, 0.717) is 43.5 Å². The summed E-state index contributed by atoms with van der Waals surface area (Å²) >= 11 is 0. The summed E-state index contributed by atoms with van der Waals surface area (Å²) in [5.74, 6) is -6.19. The molecular formula is C24H26F6N4O3. The Morgan fingerprint density at radius 1 is 1.19 bits per heavy atom. The molecule has 202 valence electrons. The van der Waals surface area contributed by atoms with Crippen LogP contribution in [0.5, 0.6) is 5.75 Å². The summed E-state index contributed by atoms with van der Waals surface area (Å²) < 4.78 is 83.7. The Morgan fingerprint density at radius 3 is 2.54 bits per heavy atom. The predicted molar refractivity (Wildman–Crippen MR) is 123 cm³/mol. The van der Waals surface area contributed by atoms with Crippen molar-refractivity contribution in [1.29, 1.82) is 0 Å². The maximum Gasteiger partial charge on any atom is 0.456 e. The molecule has 2 fully saturated rings. The van der Waals surface area contributed by atoms with Gasteiger partial charge in [0, 0.05) is 24.2 Å². The van der Waals surface area contributed by atoms with Crippen LogP contribution in [0.2, 0.25) is 0 Å². The summed E-state index contributed by atoms with van der Waals surface area (Å²) in [6, 6.07) is 3.35. The van der Waals surface area contributed by atoms with Crippen molar-refractivity contribution in [2.75, 3.05) is 13.7 Å². The maximum absolute atomic E-state index is 14.5. The number of carboxylic acid groups (broad SMARTS) is 1. The van der Waals surface area contributed by atoms with Crippen molar-refractivity contribution in [3.63, 3.8) is 0 Å². The average molecular weight is 532 g/mol. The van der Waals surface area contributed by atoms with E-state index in [4.69, 9.17) is 14.8 Å². The third kappa shape index (κ3) is 5.86. The molecule has 13 heteroatoms. The lowest BCUT2D eigenvalue weighted by molar-refractivity contribution is -0.290. The molecule has 0 radical (unpaired) electrons. The SMILES string of the molecule is CN1NC(=NC2CCC(NC(=O)O)CC2)C2=CC=C(c3cccc(F)c3OCC(F)(F)C(F)(F)F)CC21. The molecular weight excluding hydrogens is 506 g/mol. The molecule has 0 spiro atoms. The molecule has 1 aliphatic heterocycles. The van der Waals surface area contributed by atoms with Crippen LogP contribution in [-0.4, -0.2) is 65.9 Å². The van der Waals surface area contributed by atoms with E-state index in [-0.39, 0.29) is 23.7 Å². The largest absolute Gasteiger partial charge is 0.483 e. The van der Waals surface area contributed by atoms with Crippen LogP contribution in [0.4, 0.5) is 31.1 Å². The van der Waals surface area contributed by atoms with Gasteiger partial charge >= 0.3 is 18.2 Å². The number of alkyl halides is 5. The van der Waals surface area contributed by atoms with Crippen LogP contribution < -0.4 is 15.5 Å². The molecule has 4 rings (SSSR count).